The molecule has 0 aliphatic carbocycles. The minimum absolute atomic E-state index is 0.0109. The lowest BCUT2D eigenvalue weighted by Gasteiger charge is -2.09. The number of nitrogens with zero attached hydrogens (tertiary/aromatic N) is 1. The lowest BCUT2D eigenvalue weighted by Crippen LogP contribution is -2.07. The summed E-state index contributed by atoms with van der Waals surface area (Å²) in [4.78, 5) is 22.4. The van der Waals surface area contributed by atoms with E-state index in [9.17, 15) is 14.9 Å². The summed E-state index contributed by atoms with van der Waals surface area (Å²) in [7, 11) is 0. The summed E-state index contributed by atoms with van der Waals surface area (Å²) in [5.74, 6) is 0.287. The van der Waals surface area contributed by atoms with Crippen LogP contribution >= 0.6 is 15.9 Å². The van der Waals surface area contributed by atoms with Gasteiger partial charge >= 0.3 is 0 Å². The Kier molecular flexibility index (Phi) is 4.47. The lowest BCUT2D eigenvalue weighted by atomic mass is 10.1. The first-order valence-electron chi connectivity index (χ1n) is 5.73. The van der Waals surface area contributed by atoms with E-state index in [1.165, 1.54) is 18.2 Å². The highest BCUT2D eigenvalue weighted by Crippen LogP contribution is 2.32. The summed E-state index contributed by atoms with van der Waals surface area (Å²) in [5, 5.41) is 11.0. The Balaban J connectivity index is 2.49. The van der Waals surface area contributed by atoms with Crippen molar-refractivity contribution < 1.29 is 14.5 Å². The van der Waals surface area contributed by atoms with E-state index < -0.39 is 10.7 Å². The maximum atomic E-state index is 11.9. The topological polar surface area (TPSA) is 69.4 Å². The maximum absolute atomic E-state index is 11.9. The van der Waals surface area contributed by atoms with Crippen molar-refractivity contribution in [2.75, 3.05) is 5.33 Å². The zero-order valence-electron chi connectivity index (χ0n) is 10.3. The molecule has 2 aromatic carbocycles. The second-order valence-electron chi connectivity index (χ2n) is 3.88. The Morgan fingerprint density at radius 2 is 1.85 bits per heavy atom. The third-order valence-corrected chi connectivity index (χ3v) is 3.08. The Morgan fingerprint density at radius 1 is 1.15 bits per heavy atom. The minimum atomic E-state index is -0.590. The van der Waals surface area contributed by atoms with Crippen LogP contribution in [0.4, 0.5) is 5.69 Å². The molecule has 0 radical (unpaired) electrons. The minimum Gasteiger partial charge on any atom is -0.456 e. The van der Waals surface area contributed by atoms with Gasteiger partial charge in [0, 0.05) is 6.07 Å². The maximum Gasteiger partial charge on any atom is 0.284 e. The normalized spacial score (nSPS) is 10.1. The van der Waals surface area contributed by atoms with Gasteiger partial charge in [0.15, 0.2) is 5.78 Å². The predicted octanol–water partition coefficient (Wildman–Crippen LogP) is 3.96. The number of nitro groups is 1. The number of halogens is 1. The van der Waals surface area contributed by atoms with Crippen LogP contribution in [-0.4, -0.2) is 16.0 Å². The zero-order chi connectivity index (χ0) is 14.5. The molecule has 0 heterocycles. The number of hydrogen-bond donors (Lipinski definition) is 0. The van der Waals surface area contributed by atoms with E-state index in [1.807, 2.05) is 6.07 Å². The molecular formula is C14H10BrNO4. The summed E-state index contributed by atoms with van der Waals surface area (Å²) >= 11 is 3.03. The number of ether oxygens (including phenoxy) is 1. The van der Waals surface area contributed by atoms with Crippen LogP contribution in [0, 0.1) is 10.1 Å². The van der Waals surface area contributed by atoms with Crippen molar-refractivity contribution in [2.24, 2.45) is 0 Å². The average molecular weight is 336 g/mol. The molecule has 0 bridgehead atoms. The molecule has 2 rings (SSSR count). The molecule has 0 saturated heterocycles. The Bertz CT molecular complexity index is 643. The first-order valence-corrected chi connectivity index (χ1v) is 6.85. The number of Topliss-reactive ketones (excluding diaryl/α,β-unsaturated/α-hetero) is 1. The molecule has 2 aromatic rings. The smallest absolute Gasteiger partial charge is 0.284 e. The molecule has 6 heteroatoms. The Hall–Kier alpha value is -2.21. The summed E-state index contributed by atoms with van der Waals surface area (Å²) in [6.45, 7) is 0. The SMILES string of the molecule is O=C(CBr)c1c(Oc2ccccc2)cccc1[N+](=O)[O-]. The van der Waals surface area contributed by atoms with Gasteiger partial charge in [-0.1, -0.05) is 40.2 Å². The third-order valence-electron chi connectivity index (χ3n) is 2.57. The zero-order valence-corrected chi connectivity index (χ0v) is 11.9. The van der Waals surface area contributed by atoms with Crippen LogP contribution in [0.25, 0.3) is 0 Å². The van der Waals surface area contributed by atoms with Crippen LogP contribution < -0.4 is 4.74 Å². The van der Waals surface area contributed by atoms with E-state index in [2.05, 4.69) is 15.9 Å². The van der Waals surface area contributed by atoms with Crippen molar-refractivity contribution in [1.82, 2.24) is 0 Å². The van der Waals surface area contributed by atoms with Gasteiger partial charge in [-0.3, -0.25) is 14.9 Å². The van der Waals surface area contributed by atoms with Gasteiger partial charge in [-0.2, -0.15) is 0 Å². The molecule has 0 atom stereocenters. The van der Waals surface area contributed by atoms with Crippen molar-refractivity contribution in [1.29, 1.82) is 0 Å². The van der Waals surface area contributed by atoms with Crippen LogP contribution in [0.15, 0.2) is 48.5 Å². The quantitative estimate of drug-likeness (QED) is 0.359. The number of carbonyl (C=O) groups is 1. The Labute approximate surface area is 123 Å². The van der Waals surface area contributed by atoms with Crippen LogP contribution in [0.3, 0.4) is 0 Å². The largest absolute Gasteiger partial charge is 0.456 e. The molecule has 0 amide bonds. The molecular weight excluding hydrogens is 326 g/mol. The number of para-hydroxylation sites is 1. The number of carbonyl (C=O) groups excluding carboxylic acids is 1. The monoisotopic (exact) mass is 335 g/mol. The van der Waals surface area contributed by atoms with Crippen molar-refractivity contribution in [3.63, 3.8) is 0 Å². The van der Waals surface area contributed by atoms with Crippen LogP contribution in [-0.2, 0) is 0 Å². The number of rotatable bonds is 5. The van der Waals surface area contributed by atoms with E-state index in [0.29, 0.717) is 5.75 Å². The van der Waals surface area contributed by atoms with Gasteiger partial charge in [-0.25, -0.2) is 0 Å². The highest BCUT2D eigenvalue weighted by molar-refractivity contribution is 9.09. The van der Waals surface area contributed by atoms with Crippen molar-refractivity contribution in [3.8, 4) is 11.5 Å². The number of ketones is 1. The predicted molar refractivity (Wildman–Crippen MR) is 77.7 cm³/mol. The summed E-state index contributed by atoms with van der Waals surface area (Å²) in [6, 6.07) is 13.1. The summed E-state index contributed by atoms with van der Waals surface area (Å²) < 4.78 is 5.58. The molecule has 20 heavy (non-hydrogen) atoms. The molecule has 0 unspecified atom stereocenters. The van der Waals surface area contributed by atoms with Gasteiger partial charge in [0.25, 0.3) is 5.69 Å². The molecule has 0 aliphatic heterocycles. The first-order chi connectivity index (χ1) is 9.63. The number of benzene rings is 2. The van der Waals surface area contributed by atoms with Crippen LogP contribution in [0.5, 0.6) is 11.5 Å². The summed E-state index contributed by atoms with van der Waals surface area (Å²) in [6.07, 6.45) is 0. The molecule has 5 nitrogen and oxygen atoms in total. The fraction of sp³-hybridized carbons (Fsp3) is 0.0714. The molecule has 102 valence electrons. The number of hydrogen-bond acceptors (Lipinski definition) is 4. The molecule has 0 aromatic heterocycles. The fourth-order valence-corrected chi connectivity index (χ4v) is 2.00. The van der Waals surface area contributed by atoms with Gasteiger partial charge in [0.2, 0.25) is 0 Å². The van der Waals surface area contributed by atoms with E-state index in [1.54, 1.807) is 24.3 Å². The average Bonchev–Trinajstić information content (AvgIpc) is 2.47. The Morgan fingerprint density at radius 3 is 2.45 bits per heavy atom. The molecule has 0 N–H and O–H groups in total. The highest BCUT2D eigenvalue weighted by Gasteiger charge is 2.24. The van der Waals surface area contributed by atoms with Gasteiger partial charge in [-0.15, -0.1) is 0 Å². The number of alkyl halides is 1. The first kappa shape index (κ1) is 14.2. The van der Waals surface area contributed by atoms with Gasteiger partial charge < -0.3 is 4.74 Å². The van der Waals surface area contributed by atoms with Gasteiger partial charge in [-0.05, 0) is 18.2 Å². The highest BCUT2D eigenvalue weighted by atomic mass is 79.9. The molecule has 0 spiro atoms. The number of nitro benzene ring substituents is 1. The third kappa shape index (κ3) is 3.03. The molecule has 0 saturated carbocycles. The second kappa shape index (κ2) is 6.29. The molecule has 0 aliphatic rings. The van der Waals surface area contributed by atoms with Crippen LogP contribution in [0.1, 0.15) is 10.4 Å². The molecule has 0 fully saturated rings. The van der Waals surface area contributed by atoms with Crippen molar-refractivity contribution in [3.05, 3.63) is 64.2 Å². The summed E-state index contributed by atoms with van der Waals surface area (Å²) in [5.41, 5.74) is -0.291. The van der Waals surface area contributed by atoms with E-state index in [4.69, 9.17) is 4.74 Å². The van der Waals surface area contributed by atoms with E-state index in [-0.39, 0.29) is 22.3 Å². The van der Waals surface area contributed by atoms with Crippen molar-refractivity contribution >= 4 is 27.4 Å². The van der Waals surface area contributed by atoms with Crippen molar-refractivity contribution in [2.45, 2.75) is 0 Å². The second-order valence-corrected chi connectivity index (χ2v) is 4.44. The van der Waals surface area contributed by atoms with Gasteiger partial charge in [0.1, 0.15) is 17.1 Å². The van der Waals surface area contributed by atoms with E-state index >= 15 is 0 Å². The van der Waals surface area contributed by atoms with E-state index in [0.717, 1.165) is 0 Å². The standard InChI is InChI=1S/C14H10BrNO4/c15-9-12(17)14-11(16(18)19)7-4-8-13(14)20-10-5-2-1-3-6-10/h1-8H,9H2. The van der Waals surface area contributed by atoms with Crippen LogP contribution in [0.2, 0.25) is 0 Å². The fourth-order valence-electron chi connectivity index (χ4n) is 1.72. The van der Waals surface area contributed by atoms with Gasteiger partial charge in [0.05, 0.1) is 10.3 Å². The lowest BCUT2D eigenvalue weighted by molar-refractivity contribution is -0.385.